The number of imide groups is 1. The molecule has 38 heavy (non-hydrogen) atoms. The third-order valence-electron chi connectivity index (χ3n) is 5.21. The predicted octanol–water partition coefficient (Wildman–Crippen LogP) is 5.35. The van der Waals surface area contributed by atoms with Gasteiger partial charge >= 0.3 is 10.1 Å². The summed E-state index contributed by atoms with van der Waals surface area (Å²) in [6.07, 6.45) is 1.47. The van der Waals surface area contributed by atoms with Crippen molar-refractivity contribution in [1.82, 2.24) is 4.90 Å². The molecule has 0 saturated carbocycles. The maximum absolute atomic E-state index is 13.2. The topological polar surface area (TPSA) is 133 Å². The lowest BCUT2D eigenvalue weighted by molar-refractivity contribution is -0.384. The average Bonchev–Trinajstić information content (AvgIpc) is 3.13. The molecule has 1 saturated heterocycles. The van der Waals surface area contributed by atoms with E-state index in [1.54, 1.807) is 0 Å². The molecular weight excluding hydrogens is 654 g/mol. The van der Waals surface area contributed by atoms with Gasteiger partial charge in [-0.25, -0.2) is 4.39 Å². The Bertz CT molecular complexity index is 1580. The van der Waals surface area contributed by atoms with Crippen molar-refractivity contribution < 1.29 is 36.2 Å². The van der Waals surface area contributed by atoms with E-state index in [0.717, 1.165) is 40.9 Å². The van der Waals surface area contributed by atoms with Crippen LogP contribution >= 0.6 is 34.4 Å². The van der Waals surface area contributed by atoms with E-state index < -0.39 is 32.0 Å². The van der Waals surface area contributed by atoms with Gasteiger partial charge in [-0.2, -0.15) is 8.42 Å². The summed E-state index contributed by atoms with van der Waals surface area (Å²) < 4.78 is 49.6. The van der Waals surface area contributed by atoms with Gasteiger partial charge in [0.15, 0.2) is 11.5 Å². The number of nitro groups is 1. The second-order valence-corrected chi connectivity index (χ2v) is 11.4. The van der Waals surface area contributed by atoms with E-state index in [1.807, 2.05) is 22.6 Å². The molecule has 0 aliphatic carbocycles. The molecule has 3 aromatic carbocycles. The maximum Gasteiger partial charge on any atom is 0.339 e. The number of methoxy groups -OCH3 is 1. The van der Waals surface area contributed by atoms with E-state index in [-0.39, 0.29) is 33.5 Å². The number of carbonyl (C=O) groups excluding carboxylic acids is 2. The summed E-state index contributed by atoms with van der Waals surface area (Å²) in [5.74, 6) is -1.04. The van der Waals surface area contributed by atoms with Crippen LogP contribution in [0.1, 0.15) is 11.1 Å². The Hall–Kier alpha value is -3.50. The molecule has 2 amide bonds. The standard InChI is InChI=1S/C24H16FIN2O8S2/c1-35-20-11-15(12-21-23(29)27(24(30)37-21)13-14-2-4-16(25)5-3-14)10-19(26)22(20)36-38(33,34)18-8-6-17(7-9-18)28(31)32/h2-12H,13H2,1H3/b21-12-. The highest BCUT2D eigenvalue weighted by Crippen LogP contribution is 2.39. The second kappa shape index (κ2) is 11.1. The average molecular weight is 670 g/mol. The zero-order valence-corrected chi connectivity index (χ0v) is 23.1. The van der Waals surface area contributed by atoms with Gasteiger partial charge in [-0.05, 0) is 88.0 Å². The molecule has 4 rings (SSSR count). The van der Waals surface area contributed by atoms with Gasteiger partial charge in [0.25, 0.3) is 16.8 Å². The van der Waals surface area contributed by atoms with Gasteiger partial charge in [0, 0.05) is 12.1 Å². The van der Waals surface area contributed by atoms with Gasteiger partial charge in [-0.3, -0.25) is 24.6 Å². The van der Waals surface area contributed by atoms with Crippen molar-refractivity contribution in [3.8, 4) is 11.5 Å². The number of ether oxygens (including phenoxy) is 1. The van der Waals surface area contributed by atoms with Crippen molar-refractivity contribution in [3.63, 3.8) is 0 Å². The minimum atomic E-state index is -4.36. The highest BCUT2D eigenvalue weighted by Gasteiger charge is 2.35. The molecule has 0 N–H and O–H groups in total. The highest BCUT2D eigenvalue weighted by atomic mass is 127. The van der Waals surface area contributed by atoms with Crippen molar-refractivity contribution in [2.75, 3.05) is 7.11 Å². The molecular formula is C24H16FIN2O8S2. The molecule has 14 heteroatoms. The first-order valence-electron chi connectivity index (χ1n) is 10.5. The zero-order valence-electron chi connectivity index (χ0n) is 19.3. The molecule has 0 bridgehead atoms. The first-order chi connectivity index (χ1) is 18.0. The molecule has 3 aromatic rings. The number of rotatable bonds is 8. The fourth-order valence-electron chi connectivity index (χ4n) is 3.36. The van der Waals surface area contributed by atoms with Crippen molar-refractivity contribution in [3.05, 3.63) is 96.2 Å². The number of non-ortho nitro benzene ring substituents is 1. The lowest BCUT2D eigenvalue weighted by Gasteiger charge is -2.14. The van der Waals surface area contributed by atoms with Crippen molar-refractivity contribution in [2.45, 2.75) is 11.4 Å². The monoisotopic (exact) mass is 670 g/mol. The van der Waals surface area contributed by atoms with Gasteiger partial charge in [-0.15, -0.1) is 0 Å². The molecule has 0 unspecified atom stereocenters. The Balaban J connectivity index is 1.58. The molecule has 0 spiro atoms. The molecule has 0 radical (unpaired) electrons. The molecule has 1 aliphatic heterocycles. The number of amides is 2. The van der Waals surface area contributed by atoms with E-state index in [1.165, 1.54) is 49.6 Å². The fraction of sp³-hybridized carbons (Fsp3) is 0.0833. The van der Waals surface area contributed by atoms with E-state index >= 15 is 0 Å². The fourth-order valence-corrected chi connectivity index (χ4v) is 6.04. The number of nitro benzene ring substituents is 1. The third kappa shape index (κ3) is 5.97. The summed E-state index contributed by atoms with van der Waals surface area (Å²) in [4.78, 5) is 36.4. The normalized spacial score (nSPS) is 14.7. The molecule has 1 aliphatic rings. The Morgan fingerprint density at radius 2 is 1.76 bits per heavy atom. The van der Waals surface area contributed by atoms with Crippen LogP contribution in [0, 0.1) is 19.5 Å². The summed E-state index contributed by atoms with van der Waals surface area (Å²) in [7, 11) is -3.06. The van der Waals surface area contributed by atoms with E-state index in [2.05, 4.69) is 0 Å². The van der Waals surface area contributed by atoms with Crippen LogP contribution in [0.3, 0.4) is 0 Å². The van der Waals surface area contributed by atoms with Gasteiger partial charge < -0.3 is 8.92 Å². The number of hydrogen-bond acceptors (Lipinski definition) is 9. The molecule has 1 heterocycles. The maximum atomic E-state index is 13.2. The zero-order chi connectivity index (χ0) is 27.6. The molecule has 10 nitrogen and oxygen atoms in total. The molecule has 0 aromatic heterocycles. The van der Waals surface area contributed by atoms with Gasteiger partial charge in [0.05, 0.1) is 27.1 Å². The molecule has 196 valence electrons. The third-order valence-corrected chi connectivity index (χ3v) is 8.15. The molecule has 0 atom stereocenters. The number of thioether (sulfide) groups is 1. The smallest absolute Gasteiger partial charge is 0.339 e. The summed E-state index contributed by atoms with van der Waals surface area (Å²) in [6, 6.07) is 12.6. The number of benzene rings is 3. The first kappa shape index (κ1) is 27.5. The van der Waals surface area contributed by atoms with Crippen LogP contribution in [0.25, 0.3) is 6.08 Å². The highest BCUT2D eigenvalue weighted by molar-refractivity contribution is 14.1. The van der Waals surface area contributed by atoms with Crippen LogP contribution in [0.4, 0.5) is 14.9 Å². The SMILES string of the molecule is COc1cc(/C=C2\SC(=O)N(Cc3ccc(F)cc3)C2=O)cc(I)c1OS(=O)(=O)c1ccc([N+](=O)[O-])cc1. The summed E-state index contributed by atoms with van der Waals surface area (Å²) >= 11 is 2.58. The predicted molar refractivity (Wildman–Crippen MR) is 145 cm³/mol. The second-order valence-electron chi connectivity index (χ2n) is 7.72. The van der Waals surface area contributed by atoms with Crippen LogP contribution < -0.4 is 8.92 Å². The Morgan fingerprint density at radius 3 is 2.37 bits per heavy atom. The van der Waals surface area contributed by atoms with Crippen LogP contribution in [-0.2, 0) is 21.5 Å². The first-order valence-corrected chi connectivity index (χ1v) is 13.8. The summed E-state index contributed by atoms with van der Waals surface area (Å²) in [6.45, 7) is -0.0174. The Labute approximate surface area is 233 Å². The van der Waals surface area contributed by atoms with Crippen LogP contribution in [0.2, 0.25) is 0 Å². The number of nitrogens with zero attached hydrogens (tertiary/aromatic N) is 2. The molecule has 1 fully saturated rings. The number of hydrogen-bond donors (Lipinski definition) is 0. The minimum Gasteiger partial charge on any atom is -0.493 e. The number of carbonyl (C=O) groups is 2. The lowest BCUT2D eigenvalue weighted by Crippen LogP contribution is -2.27. The van der Waals surface area contributed by atoms with Crippen LogP contribution in [-0.4, -0.2) is 36.5 Å². The van der Waals surface area contributed by atoms with Crippen molar-refractivity contribution in [2.24, 2.45) is 0 Å². The van der Waals surface area contributed by atoms with E-state index in [9.17, 15) is 32.5 Å². The van der Waals surface area contributed by atoms with Crippen molar-refractivity contribution >= 4 is 67.4 Å². The number of halogens is 2. The van der Waals surface area contributed by atoms with Crippen molar-refractivity contribution in [1.29, 1.82) is 0 Å². The van der Waals surface area contributed by atoms with Crippen LogP contribution in [0.5, 0.6) is 11.5 Å². The Kier molecular flexibility index (Phi) is 8.03. The van der Waals surface area contributed by atoms with Gasteiger partial charge in [-0.1, -0.05) is 12.1 Å². The van der Waals surface area contributed by atoms with Crippen LogP contribution in [0.15, 0.2) is 70.5 Å². The summed E-state index contributed by atoms with van der Waals surface area (Å²) in [5.41, 5.74) is 0.753. The van der Waals surface area contributed by atoms with E-state index in [0.29, 0.717) is 14.7 Å². The van der Waals surface area contributed by atoms with E-state index in [4.69, 9.17) is 8.92 Å². The Morgan fingerprint density at radius 1 is 1.11 bits per heavy atom. The van der Waals surface area contributed by atoms with Gasteiger partial charge in [0.1, 0.15) is 10.7 Å². The largest absolute Gasteiger partial charge is 0.493 e. The lowest BCUT2D eigenvalue weighted by atomic mass is 10.1. The quantitative estimate of drug-likeness (QED) is 0.102. The summed E-state index contributed by atoms with van der Waals surface area (Å²) in [5, 5.41) is 10.3. The minimum absolute atomic E-state index is 0.0174. The van der Waals surface area contributed by atoms with Gasteiger partial charge in [0.2, 0.25) is 0 Å².